The van der Waals surface area contributed by atoms with Gasteiger partial charge in [0.2, 0.25) is 11.8 Å². The van der Waals surface area contributed by atoms with Gasteiger partial charge in [-0.3, -0.25) is 9.59 Å². The zero-order valence-electron chi connectivity index (χ0n) is 12.4. The Balaban J connectivity index is 1.75. The minimum Gasteiger partial charge on any atom is -0.381 e. The SMILES string of the molecule is CC1C(=O)NC(C)(C2CC2)C(=O)N1CC1CCOCC1. The highest BCUT2D eigenvalue weighted by Gasteiger charge is 2.54. The number of rotatable bonds is 3. The van der Waals surface area contributed by atoms with Crippen LogP contribution in [0.25, 0.3) is 0 Å². The van der Waals surface area contributed by atoms with E-state index < -0.39 is 5.54 Å². The Labute approximate surface area is 120 Å². The normalized spacial score (nSPS) is 36.1. The molecule has 0 aromatic rings. The fourth-order valence-electron chi connectivity index (χ4n) is 3.42. The Kier molecular flexibility index (Phi) is 3.48. The maximum atomic E-state index is 12.8. The smallest absolute Gasteiger partial charge is 0.249 e. The highest BCUT2D eigenvalue weighted by molar-refractivity contribution is 5.99. The van der Waals surface area contributed by atoms with Gasteiger partial charge in [0, 0.05) is 19.8 Å². The minimum absolute atomic E-state index is 0.00828. The number of nitrogens with one attached hydrogen (secondary N) is 1. The van der Waals surface area contributed by atoms with Crippen LogP contribution in [-0.2, 0) is 14.3 Å². The van der Waals surface area contributed by atoms with Crippen LogP contribution in [0.1, 0.15) is 39.5 Å². The molecular weight excluding hydrogens is 256 g/mol. The summed E-state index contributed by atoms with van der Waals surface area (Å²) in [6.07, 6.45) is 4.06. The van der Waals surface area contributed by atoms with Crippen LogP contribution in [0, 0.1) is 11.8 Å². The van der Waals surface area contributed by atoms with E-state index >= 15 is 0 Å². The predicted molar refractivity (Wildman–Crippen MR) is 74.0 cm³/mol. The molecule has 3 aliphatic rings. The van der Waals surface area contributed by atoms with E-state index in [1.165, 1.54) is 0 Å². The van der Waals surface area contributed by atoms with Crippen LogP contribution >= 0.6 is 0 Å². The molecule has 112 valence electrons. The summed E-state index contributed by atoms with van der Waals surface area (Å²) in [5.41, 5.74) is -0.672. The van der Waals surface area contributed by atoms with Crippen molar-refractivity contribution in [3.63, 3.8) is 0 Å². The van der Waals surface area contributed by atoms with Gasteiger partial charge in [-0.15, -0.1) is 0 Å². The quantitative estimate of drug-likeness (QED) is 0.836. The number of hydrogen-bond acceptors (Lipinski definition) is 3. The molecule has 0 aromatic carbocycles. The summed E-state index contributed by atoms with van der Waals surface area (Å²) in [5.74, 6) is 0.887. The Morgan fingerprint density at radius 2 is 1.90 bits per heavy atom. The fraction of sp³-hybridized carbons (Fsp3) is 0.867. The van der Waals surface area contributed by atoms with Crippen LogP contribution in [0.3, 0.4) is 0 Å². The maximum Gasteiger partial charge on any atom is 0.249 e. The number of piperazine rings is 1. The van der Waals surface area contributed by atoms with E-state index in [1.54, 1.807) is 0 Å². The zero-order chi connectivity index (χ0) is 14.3. The second kappa shape index (κ2) is 5.02. The third-order valence-electron chi connectivity index (χ3n) is 5.12. The van der Waals surface area contributed by atoms with Crippen LogP contribution in [0.5, 0.6) is 0 Å². The summed E-state index contributed by atoms with van der Waals surface area (Å²) in [6, 6.07) is -0.350. The fourth-order valence-corrected chi connectivity index (χ4v) is 3.42. The lowest BCUT2D eigenvalue weighted by molar-refractivity contribution is -0.155. The highest BCUT2D eigenvalue weighted by Crippen LogP contribution is 2.42. The minimum atomic E-state index is -0.672. The molecule has 2 heterocycles. The van der Waals surface area contributed by atoms with Crippen LogP contribution in [0.4, 0.5) is 0 Å². The Morgan fingerprint density at radius 3 is 2.50 bits per heavy atom. The lowest BCUT2D eigenvalue weighted by atomic mass is 9.88. The van der Waals surface area contributed by atoms with Gasteiger partial charge >= 0.3 is 0 Å². The number of carbonyl (C=O) groups excluding carboxylic acids is 2. The molecule has 2 amide bonds. The molecule has 2 atom stereocenters. The third kappa shape index (κ3) is 2.32. The Morgan fingerprint density at radius 1 is 1.25 bits per heavy atom. The number of amides is 2. The second-order valence-corrected chi connectivity index (χ2v) is 6.66. The number of hydrogen-bond donors (Lipinski definition) is 1. The lowest BCUT2D eigenvalue weighted by Crippen LogP contribution is -2.70. The van der Waals surface area contributed by atoms with Crippen molar-refractivity contribution in [2.75, 3.05) is 19.8 Å². The first-order chi connectivity index (χ1) is 9.52. The average Bonchev–Trinajstić information content (AvgIpc) is 3.27. The van der Waals surface area contributed by atoms with E-state index in [9.17, 15) is 9.59 Å². The molecule has 5 heteroatoms. The van der Waals surface area contributed by atoms with Crippen LogP contribution in [0.15, 0.2) is 0 Å². The van der Waals surface area contributed by atoms with Crippen molar-refractivity contribution in [2.24, 2.45) is 11.8 Å². The molecule has 2 saturated heterocycles. The average molecular weight is 280 g/mol. The van der Waals surface area contributed by atoms with E-state index in [1.807, 2.05) is 18.7 Å². The van der Waals surface area contributed by atoms with Crippen molar-refractivity contribution in [2.45, 2.75) is 51.1 Å². The van der Waals surface area contributed by atoms with E-state index in [0.29, 0.717) is 18.4 Å². The molecule has 0 aromatic heterocycles. The molecule has 0 bridgehead atoms. The molecule has 2 unspecified atom stereocenters. The molecule has 0 radical (unpaired) electrons. The maximum absolute atomic E-state index is 12.8. The molecule has 1 N–H and O–H groups in total. The van der Waals surface area contributed by atoms with Gasteiger partial charge in [0.1, 0.15) is 11.6 Å². The van der Waals surface area contributed by atoms with Crippen LogP contribution in [-0.4, -0.2) is 48.1 Å². The van der Waals surface area contributed by atoms with Gasteiger partial charge in [-0.25, -0.2) is 0 Å². The summed E-state index contributed by atoms with van der Waals surface area (Å²) in [4.78, 5) is 26.9. The predicted octanol–water partition coefficient (Wildman–Crippen LogP) is 0.929. The molecule has 3 rings (SSSR count). The first-order valence-corrected chi connectivity index (χ1v) is 7.73. The molecular formula is C15H24N2O3. The number of nitrogens with zero attached hydrogens (tertiary/aromatic N) is 1. The first-order valence-electron chi connectivity index (χ1n) is 7.73. The van der Waals surface area contributed by atoms with Crippen molar-refractivity contribution >= 4 is 11.8 Å². The van der Waals surface area contributed by atoms with E-state index in [0.717, 1.165) is 38.9 Å². The van der Waals surface area contributed by atoms with E-state index in [4.69, 9.17) is 4.74 Å². The van der Waals surface area contributed by atoms with Gasteiger partial charge in [-0.05, 0) is 51.4 Å². The standard InChI is InChI=1S/C15H24N2O3/c1-10-13(18)16-15(2,12-3-4-12)14(19)17(10)9-11-5-7-20-8-6-11/h10-12H,3-9H2,1-2H3,(H,16,18). The Hall–Kier alpha value is -1.10. The van der Waals surface area contributed by atoms with E-state index in [-0.39, 0.29) is 17.9 Å². The molecule has 1 aliphatic carbocycles. The van der Waals surface area contributed by atoms with Gasteiger partial charge in [0.05, 0.1) is 0 Å². The number of carbonyl (C=O) groups is 2. The van der Waals surface area contributed by atoms with E-state index in [2.05, 4.69) is 5.32 Å². The summed E-state index contributed by atoms with van der Waals surface area (Å²) in [5, 5.41) is 2.97. The van der Waals surface area contributed by atoms with Gasteiger partial charge in [0.25, 0.3) is 0 Å². The molecule has 1 saturated carbocycles. The van der Waals surface area contributed by atoms with Crippen LogP contribution in [0.2, 0.25) is 0 Å². The van der Waals surface area contributed by atoms with Gasteiger partial charge < -0.3 is 15.0 Å². The van der Waals surface area contributed by atoms with Gasteiger partial charge in [-0.1, -0.05) is 0 Å². The summed E-state index contributed by atoms with van der Waals surface area (Å²) in [6.45, 7) is 5.96. The number of ether oxygens (including phenoxy) is 1. The summed E-state index contributed by atoms with van der Waals surface area (Å²) in [7, 11) is 0. The van der Waals surface area contributed by atoms with Crippen molar-refractivity contribution in [3.05, 3.63) is 0 Å². The molecule has 5 nitrogen and oxygen atoms in total. The van der Waals surface area contributed by atoms with Crippen LogP contribution < -0.4 is 5.32 Å². The molecule has 0 spiro atoms. The van der Waals surface area contributed by atoms with Crippen molar-refractivity contribution < 1.29 is 14.3 Å². The first kappa shape index (κ1) is 13.9. The lowest BCUT2D eigenvalue weighted by Gasteiger charge is -2.45. The largest absolute Gasteiger partial charge is 0.381 e. The second-order valence-electron chi connectivity index (χ2n) is 6.66. The zero-order valence-corrected chi connectivity index (χ0v) is 12.4. The summed E-state index contributed by atoms with van der Waals surface area (Å²) < 4.78 is 5.37. The van der Waals surface area contributed by atoms with Gasteiger partial charge in [-0.2, -0.15) is 0 Å². The molecule has 2 aliphatic heterocycles. The Bertz CT molecular complexity index is 415. The molecule has 20 heavy (non-hydrogen) atoms. The monoisotopic (exact) mass is 280 g/mol. The summed E-state index contributed by atoms with van der Waals surface area (Å²) >= 11 is 0. The van der Waals surface area contributed by atoms with Crippen molar-refractivity contribution in [3.8, 4) is 0 Å². The molecule has 3 fully saturated rings. The topological polar surface area (TPSA) is 58.6 Å². The van der Waals surface area contributed by atoms with Crippen molar-refractivity contribution in [1.82, 2.24) is 10.2 Å². The third-order valence-corrected chi connectivity index (χ3v) is 5.12. The van der Waals surface area contributed by atoms with Gasteiger partial charge in [0.15, 0.2) is 0 Å². The van der Waals surface area contributed by atoms with Crippen molar-refractivity contribution in [1.29, 1.82) is 0 Å². The highest BCUT2D eigenvalue weighted by atomic mass is 16.5.